The van der Waals surface area contributed by atoms with E-state index in [2.05, 4.69) is 4.74 Å². The van der Waals surface area contributed by atoms with Crippen molar-refractivity contribution in [3.63, 3.8) is 0 Å². The van der Waals surface area contributed by atoms with Crippen molar-refractivity contribution in [2.45, 2.75) is 26.4 Å². The number of carbonyl (C=O) groups is 1. The molecule has 3 heteroatoms. The Labute approximate surface area is 60.3 Å². The van der Waals surface area contributed by atoms with Gasteiger partial charge in [-0.25, -0.2) is 4.79 Å². The molecule has 0 aliphatic rings. The molecule has 0 aliphatic carbocycles. The molecule has 0 aromatic carbocycles. The third-order valence-electron chi connectivity index (χ3n) is 0.811. The Hall–Kier alpha value is -0.830. The molecule has 0 aliphatic heterocycles. The quantitative estimate of drug-likeness (QED) is 0.461. The lowest BCUT2D eigenvalue weighted by molar-refractivity contribution is -0.155. The molecule has 0 radical (unpaired) electrons. The molecule has 0 aromatic heterocycles. The molecular weight excluding hydrogens is 132 g/mol. The highest BCUT2D eigenvalue weighted by atomic mass is 16.5. The fourth-order valence-corrected chi connectivity index (χ4v) is 0.274. The van der Waals surface area contributed by atoms with E-state index in [1.807, 2.05) is 0 Å². The van der Waals surface area contributed by atoms with E-state index in [0.717, 1.165) is 0 Å². The lowest BCUT2D eigenvalue weighted by atomic mass is 10.1. The summed E-state index contributed by atoms with van der Waals surface area (Å²) in [6, 6.07) is 0. The SMILES string of the molecule is C/C=C/OC(=O)C(C)(C)O. The first-order chi connectivity index (χ1) is 4.48. The lowest BCUT2D eigenvalue weighted by Crippen LogP contribution is -2.31. The second kappa shape index (κ2) is 3.37. The number of allylic oxidation sites excluding steroid dienone is 1. The maximum absolute atomic E-state index is 10.7. The van der Waals surface area contributed by atoms with Gasteiger partial charge < -0.3 is 9.84 Å². The molecule has 0 spiro atoms. The van der Waals surface area contributed by atoms with Gasteiger partial charge in [0.15, 0.2) is 5.60 Å². The highest BCUT2D eigenvalue weighted by Crippen LogP contribution is 2.03. The maximum atomic E-state index is 10.7. The largest absolute Gasteiger partial charge is 0.433 e. The third kappa shape index (κ3) is 3.25. The second-order valence-corrected chi connectivity index (χ2v) is 2.43. The van der Waals surface area contributed by atoms with E-state index in [1.54, 1.807) is 13.0 Å². The van der Waals surface area contributed by atoms with Crippen molar-refractivity contribution in [2.24, 2.45) is 0 Å². The number of carbonyl (C=O) groups excluding carboxylic acids is 1. The Bertz CT molecular complexity index is 141. The molecule has 0 rings (SSSR count). The smallest absolute Gasteiger partial charge is 0.342 e. The third-order valence-corrected chi connectivity index (χ3v) is 0.811. The zero-order valence-electron chi connectivity index (χ0n) is 6.42. The van der Waals surface area contributed by atoms with Gasteiger partial charge in [-0.1, -0.05) is 6.08 Å². The van der Waals surface area contributed by atoms with Gasteiger partial charge in [0, 0.05) is 0 Å². The van der Waals surface area contributed by atoms with Crippen molar-refractivity contribution < 1.29 is 14.6 Å². The Morgan fingerprint density at radius 3 is 2.40 bits per heavy atom. The summed E-state index contributed by atoms with van der Waals surface area (Å²) in [7, 11) is 0. The monoisotopic (exact) mass is 144 g/mol. The summed E-state index contributed by atoms with van der Waals surface area (Å²) in [5.74, 6) is -0.648. The molecule has 0 aromatic rings. The molecule has 0 bridgehead atoms. The predicted octanol–water partition coefficient (Wildman–Crippen LogP) is 0.834. The van der Waals surface area contributed by atoms with Crippen LogP contribution in [0.15, 0.2) is 12.3 Å². The van der Waals surface area contributed by atoms with Crippen LogP contribution in [0.2, 0.25) is 0 Å². The van der Waals surface area contributed by atoms with Crippen molar-refractivity contribution in [1.82, 2.24) is 0 Å². The average molecular weight is 144 g/mol. The minimum Gasteiger partial charge on any atom is -0.433 e. The van der Waals surface area contributed by atoms with Crippen LogP contribution in [-0.4, -0.2) is 16.7 Å². The van der Waals surface area contributed by atoms with Gasteiger partial charge in [-0.15, -0.1) is 0 Å². The predicted molar refractivity (Wildman–Crippen MR) is 37.2 cm³/mol. The van der Waals surface area contributed by atoms with Crippen LogP contribution >= 0.6 is 0 Å². The minimum absolute atomic E-state index is 0.648. The van der Waals surface area contributed by atoms with Gasteiger partial charge in [0.25, 0.3) is 0 Å². The van der Waals surface area contributed by atoms with Gasteiger partial charge in [0.05, 0.1) is 6.26 Å². The normalized spacial score (nSPS) is 12.0. The molecule has 10 heavy (non-hydrogen) atoms. The molecule has 0 saturated carbocycles. The molecule has 0 fully saturated rings. The van der Waals surface area contributed by atoms with E-state index >= 15 is 0 Å². The molecule has 1 N–H and O–H groups in total. The zero-order chi connectivity index (χ0) is 8.20. The summed E-state index contributed by atoms with van der Waals surface area (Å²) in [6.07, 6.45) is 2.81. The highest BCUT2D eigenvalue weighted by molar-refractivity contribution is 5.78. The van der Waals surface area contributed by atoms with Crippen molar-refractivity contribution >= 4 is 5.97 Å². The molecule has 3 nitrogen and oxygen atoms in total. The summed E-state index contributed by atoms with van der Waals surface area (Å²) in [6.45, 7) is 4.47. The Morgan fingerprint density at radius 2 is 2.10 bits per heavy atom. The summed E-state index contributed by atoms with van der Waals surface area (Å²) in [4.78, 5) is 10.7. The Morgan fingerprint density at radius 1 is 1.60 bits per heavy atom. The van der Waals surface area contributed by atoms with Gasteiger partial charge in [0.2, 0.25) is 0 Å². The summed E-state index contributed by atoms with van der Waals surface area (Å²) < 4.78 is 4.49. The molecule has 0 unspecified atom stereocenters. The van der Waals surface area contributed by atoms with Crippen molar-refractivity contribution in [3.8, 4) is 0 Å². The fraction of sp³-hybridized carbons (Fsp3) is 0.571. The van der Waals surface area contributed by atoms with E-state index in [9.17, 15) is 4.79 Å². The number of hydrogen-bond donors (Lipinski definition) is 1. The van der Waals surface area contributed by atoms with Gasteiger partial charge >= 0.3 is 5.97 Å². The Balaban J connectivity index is 3.86. The van der Waals surface area contributed by atoms with Gasteiger partial charge in [0.1, 0.15) is 0 Å². The van der Waals surface area contributed by atoms with Crippen LogP contribution in [-0.2, 0) is 9.53 Å². The van der Waals surface area contributed by atoms with Gasteiger partial charge in [-0.2, -0.15) is 0 Å². The standard InChI is InChI=1S/C7H12O3/c1-4-5-10-6(8)7(2,3)9/h4-5,9H,1-3H3/b5-4+. The first-order valence-electron chi connectivity index (χ1n) is 3.03. The van der Waals surface area contributed by atoms with Crippen LogP contribution in [0.4, 0.5) is 0 Å². The van der Waals surface area contributed by atoms with Crippen LogP contribution in [0.3, 0.4) is 0 Å². The maximum Gasteiger partial charge on any atom is 0.342 e. The van der Waals surface area contributed by atoms with Crippen LogP contribution in [0, 0.1) is 0 Å². The summed E-state index contributed by atoms with van der Waals surface area (Å²) >= 11 is 0. The molecule has 0 saturated heterocycles. The summed E-state index contributed by atoms with van der Waals surface area (Å²) in [5, 5.41) is 9.00. The zero-order valence-corrected chi connectivity index (χ0v) is 6.42. The molecule has 58 valence electrons. The van der Waals surface area contributed by atoms with Crippen LogP contribution in [0.1, 0.15) is 20.8 Å². The first-order valence-corrected chi connectivity index (χ1v) is 3.03. The fourth-order valence-electron chi connectivity index (χ4n) is 0.274. The van der Waals surface area contributed by atoms with Crippen molar-refractivity contribution in [1.29, 1.82) is 0 Å². The number of aliphatic hydroxyl groups is 1. The number of ether oxygens (including phenoxy) is 1. The van der Waals surface area contributed by atoms with E-state index in [1.165, 1.54) is 20.1 Å². The van der Waals surface area contributed by atoms with Crippen molar-refractivity contribution in [2.75, 3.05) is 0 Å². The number of rotatable bonds is 2. The van der Waals surface area contributed by atoms with Crippen LogP contribution in [0.5, 0.6) is 0 Å². The van der Waals surface area contributed by atoms with E-state index in [4.69, 9.17) is 5.11 Å². The van der Waals surface area contributed by atoms with Crippen LogP contribution in [0.25, 0.3) is 0 Å². The number of esters is 1. The average Bonchev–Trinajstić information content (AvgIpc) is 1.80. The van der Waals surface area contributed by atoms with E-state index in [0.29, 0.717) is 0 Å². The molecule has 0 heterocycles. The molecule has 0 amide bonds. The van der Waals surface area contributed by atoms with Gasteiger partial charge in [-0.3, -0.25) is 0 Å². The Kier molecular flexibility index (Phi) is 3.09. The van der Waals surface area contributed by atoms with E-state index in [-0.39, 0.29) is 0 Å². The topological polar surface area (TPSA) is 46.5 Å². The second-order valence-electron chi connectivity index (χ2n) is 2.43. The molecular formula is C7H12O3. The number of hydrogen-bond acceptors (Lipinski definition) is 3. The minimum atomic E-state index is -1.40. The van der Waals surface area contributed by atoms with Crippen LogP contribution < -0.4 is 0 Å². The first kappa shape index (κ1) is 9.17. The summed E-state index contributed by atoms with van der Waals surface area (Å²) in [5.41, 5.74) is -1.40. The molecule has 0 atom stereocenters. The van der Waals surface area contributed by atoms with Crippen molar-refractivity contribution in [3.05, 3.63) is 12.3 Å². The lowest BCUT2D eigenvalue weighted by Gasteiger charge is -2.12. The highest BCUT2D eigenvalue weighted by Gasteiger charge is 2.24. The van der Waals surface area contributed by atoms with Gasteiger partial charge in [-0.05, 0) is 20.8 Å². The van der Waals surface area contributed by atoms with E-state index < -0.39 is 11.6 Å².